The minimum absolute atomic E-state index is 0.611. The number of rotatable bonds is 4. The number of hydrogen-bond acceptors (Lipinski definition) is 2. The van der Waals surface area contributed by atoms with Crippen molar-refractivity contribution in [2.75, 3.05) is 13.1 Å². The smallest absolute Gasteiger partial charge is 0.0715 e. The molecule has 0 amide bonds. The summed E-state index contributed by atoms with van der Waals surface area (Å²) >= 11 is 0. The fraction of sp³-hybridized carbons (Fsp3) is 0.750. The molecule has 0 aliphatic carbocycles. The van der Waals surface area contributed by atoms with E-state index in [9.17, 15) is 5.11 Å². The molecule has 0 aromatic heterocycles. The molecule has 2 heteroatoms. The minimum atomic E-state index is -0.616. The maximum absolute atomic E-state index is 9.24. The van der Waals surface area contributed by atoms with Crippen LogP contribution in [0.5, 0.6) is 0 Å². The van der Waals surface area contributed by atoms with E-state index in [2.05, 4.69) is 11.9 Å². The summed E-state index contributed by atoms with van der Waals surface area (Å²) in [5.41, 5.74) is 0.472. The fourth-order valence-corrected chi connectivity index (χ4v) is 0.582. The molecule has 2 N–H and O–H groups in total. The van der Waals surface area contributed by atoms with E-state index in [-0.39, 0.29) is 0 Å². The van der Waals surface area contributed by atoms with Gasteiger partial charge in [0.15, 0.2) is 0 Å². The maximum Gasteiger partial charge on any atom is 0.0715 e. The van der Waals surface area contributed by atoms with Gasteiger partial charge in [0.1, 0.15) is 0 Å². The third kappa shape index (κ3) is 7.66. The first kappa shape index (κ1) is 9.66. The van der Waals surface area contributed by atoms with Crippen LogP contribution in [0.4, 0.5) is 0 Å². The predicted octanol–water partition coefficient (Wildman–Crippen LogP) is 0.923. The van der Waals surface area contributed by atoms with E-state index in [1.54, 1.807) is 13.8 Å². The average molecular weight is 143 g/mol. The van der Waals surface area contributed by atoms with Crippen molar-refractivity contribution >= 4 is 0 Å². The molecular formula is C8H17NO. The SMILES string of the molecule is C=C(C)CNCC(C)(C)O. The summed E-state index contributed by atoms with van der Waals surface area (Å²) in [4.78, 5) is 0. The zero-order chi connectivity index (χ0) is 8.20. The van der Waals surface area contributed by atoms with E-state index in [0.29, 0.717) is 6.54 Å². The van der Waals surface area contributed by atoms with Crippen LogP contribution in [-0.4, -0.2) is 23.8 Å². The van der Waals surface area contributed by atoms with Gasteiger partial charge >= 0.3 is 0 Å². The lowest BCUT2D eigenvalue weighted by Gasteiger charge is -2.17. The lowest BCUT2D eigenvalue weighted by molar-refractivity contribution is 0.0808. The van der Waals surface area contributed by atoms with E-state index in [4.69, 9.17) is 0 Å². The van der Waals surface area contributed by atoms with Gasteiger partial charge in [0.05, 0.1) is 5.60 Å². The highest BCUT2D eigenvalue weighted by Crippen LogP contribution is 1.97. The average Bonchev–Trinajstić information content (AvgIpc) is 1.59. The first-order valence-corrected chi connectivity index (χ1v) is 3.49. The number of nitrogens with one attached hydrogen (secondary N) is 1. The van der Waals surface area contributed by atoms with Crippen LogP contribution >= 0.6 is 0 Å². The quantitative estimate of drug-likeness (QED) is 0.574. The van der Waals surface area contributed by atoms with Crippen LogP contribution in [0.15, 0.2) is 12.2 Å². The molecule has 0 saturated heterocycles. The summed E-state index contributed by atoms with van der Waals surface area (Å²) in [5.74, 6) is 0. The Morgan fingerprint density at radius 3 is 2.40 bits per heavy atom. The van der Waals surface area contributed by atoms with Crippen LogP contribution < -0.4 is 5.32 Å². The van der Waals surface area contributed by atoms with Crippen LogP contribution in [0.25, 0.3) is 0 Å². The second kappa shape index (κ2) is 3.74. The van der Waals surface area contributed by atoms with Gasteiger partial charge < -0.3 is 10.4 Å². The van der Waals surface area contributed by atoms with Crippen LogP contribution in [0.2, 0.25) is 0 Å². The zero-order valence-electron chi connectivity index (χ0n) is 7.07. The Bertz CT molecular complexity index is 113. The highest BCUT2D eigenvalue weighted by atomic mass is 16.3. The van der Waals surface area contributed by atoms with Crippen LogP contribution in [0, 0.1) is 0 Å². The zero-order valence-corrected chi connectivity index (χ0v) is 7.07. The summed E-state index contributed by atoms with van der Waals surface area (Å²) < 4.78 is 0. The summed E-state index contributed by atoms with van der Waals surface area (Å²) in [6, 6.07) is 0. The van der Waals surface area contributed by atoms with Gasteiger partial charge in [-0.15, -0.1) is 0 Å². The van der Waals surface area contributed by atoms with Gasteiger partial charge in [0, 0.05) is 13.1 Å². The maximum atomic E-state index is 9.24. The lowest BCUT2D eigenvalue weighted by atomic mass is 10.1. The molecule has 0 radical (unpaired) electrons. The number of hydrogen-bond donors (Lipinski definition) is 2. The van der Waals surface area contributed by atoms with Crippen molar-refractivity contribution < 1.29 is 5.11 Å². The Hall–Kier alpha value is -0.340. The van der Waals surface area contributed by atoms with Crippen LogP contribution in [0.1, 0.15) is 20.8 Å². The summed E-state index contributed by atoms with van der Waals surface area (Å²) in [7, 11) is 0. The van der Waals surface area contributed by atoms with E-state index >= 15 is 0 Å². The van der Waals surface area contributed by atoms with Gasteiger partial charge in [-0.3, -0.25) is 0 Å². The number of aliphatic hydroxyl groups is 1. The predicted molar refractivity (Wildman–Crippen MR) is 44.0 cm³/mol. The topological polar surface area (TPSA) is 32.3 Å². The molecule has 2 nitrogen and oxygen atoms in total. The normalized spacial score (nSPS) is 11.6. The highest BCUT2D eigenvalue weighted by Gasteiger charge is 2.10. The van der Waals surface area contributed by atoms with Crippen molar-refractivity contribution in [2.45, 2.75) is 26.4 Å². The van der Waals surface area contributed by atoms with Gasteiger partial charge in [0.25, 0.3) is 0 Å². The standard InChI is InChI=1S/C8H17NO/c1-7(2)5-9-6-8(3,4)10/h9-10H,1,5-6H2,2-4H3. The third-order valence-corrected chi connectivity index (χ3v) is 0.984. The molecule has 0 unspecified atom stereocenters. The Morgan fingerprint density at radius 1 is 1.60 bits per heavy atom. The van der Waals surface area contributed by atoms with Crippen molar-refractivity contribution in [3.63, 3.8) is 0 Å². The first-order valence-electron chi connectivity index (χ1n) is 3.49. The highest BCUT2D eigenvalue weighted by molar-refractivity contribution is 4.91. The molecule has 60 valence electrons. The van der Waals surface area contributed by atoms with E-state index in [0.717, 1.165) is 12.1 Å². The minimum Gasteiger partial charge on any atom is -0.389 e. The molecule has 10 heavy (non-hydrogen) atoms. The van der Waals surface area contributed by atoms with Gasteiger partial charge in [0.2, 0.25) is 0 Å². The molecule has 0 bridgehead atoms. The van der Waals surface area contributed by atoms with Crippen LogP contribution in [0.3, 0.4) is 0 Å². The van der Waals surface area contributed by atoms with Crippen molar-refractivity contribution in [3.05, 3.63) is 12.2 Å². The third-order valence-electron chi connectivity index (χ3n) is 0.984. The lowest BCUT2D eigenvalue weighted by Crippen LogP contribution is -2.35. The van der Waals surface area contributed by atoms with Gasteiger partial charge in [-0.05, 0) is 20.8 Å². The van der Waals surface area contributed by atoms with Gasteiger partial charge in [-0.2, -0.15) is 0 Å². The second-order valence-electron chi connectivity index (χ2n) is 3.37. The first-order chi connectivity index (χ1) is 4.42. The van der Waals surface area contributed by atoms with E-state index in [1.807, 2.05) is 6.92 Å². The Morgan fingerprint density at radius 2 is 2.10 bits per heavy atom. The van der Waals surface area contributed by atoms with Gasteiger partial charge in [-0.25, -0.2) is 0 Å². The Kier molecular flexibility index (Phi) is 3.61. The molecule has 0 fully saturated rings. The van der Waals surface area contributed by atoms with E-state index < -0.39 is 5.60 Å². The molecule has 0 aromatic rings. The van der Waals surface area contributed by atoms with Crippen molar-refractivity contribution in [1.29, 1.82) is 0 Å². The van der Waals surface area contributed by atoms with Crippen molar-refractivity contribution in [2.24, 2.45) is 0 Å². The van der Waals surface area contributed by atoms with Crippen LogP contribution in [-0.2, 0) is 0 Å². The molecule has 0 aliphatic rings. The molecule has 0 saturated carbocycles. The largest absolute Gasteiger partial charge is 0.389 e. The Labute approximate surface area is 62.9 Å². The van der Waals surface area contributed by atoms with Crippen molar-refractivity contribution in [1.82, 2.24) is 5.32 Å². The van der Waals surface area contributed by atoms with E-state index in [1.165, 1.54) is 0 Å². The fourth-order valence-electron chi connectivity index (χ4n) is 0.582. The van der Waals surface area contributed by atoms with Crippen molar-refractivity contribution in [3.8, 4) is 0 Å². The molecule has 0 aliphatic heterocycles. The summed E-state index contributed by atoms with van der Waals surface area (Å²) in [6.45, 7) is 10.6. The summed E-state index contributed by atoms with van der Waals surface area (Å²) in [6.07, 6.45) is 0. The monoisotopic (exact) mass is 143 g/mol. The van der Waals surface area contributed by atoms with Gasteiger partial charge in [-0.1, -0.05) is 12.2 Å². The summed E-state index contributed by atoms with van der Waals surface area (Å²) in [5, 5.41) is 12.3. The molecule has 0 aromatic carbocycles. The Balaban J connectivity index is 3.29. The molecule has 0 atom stereocenters. The second-order valence-corrected chi connectivity index (χ2v) is 3.37. The molecule has 0 spiro atoms. The molecule has 0 rings (SSSR count). The molecular weight excluding hydrogens is 126 g/mol. The molecule has 0 heterocycles.